The van der Waals surface area contributed by atoms with Crippen molar-refractivity contribution in [3.8, 4) is 0 Å². The number of benzene rings is 1. The predicted octanol–water partition coefficient (Wildman–Crippen LogP) is 6.40. The van der Waals surface area contributed by atoms with E-state index in [0.717, 1.165) is 0 Å². The standard InChI is InChI=1S/C17H19F5/c1-3-8-14(18)12(4-2)11-15(19)16(17(20,21)22)13-9-6-5-7-10-13/h5-7,9-11,14H,3-4,8H2,1-2H3/b12-11+,16-15+. The molecule has 0 N–H and O–H groups in total. The third kappa shape index (κ3) is 4.97. The molecule has 0 saturated heterocycles. The molecule has 0 aliphatic carbocycles. The van der Waals surface area contributed by atoms with Crippen LogP contribution in [0.5, 0.6) is 0 Å². The molecule has 1 aromatic carbocycles. The fourth-order valence-electron chi connectivity index (χ4n) is 2.13. The minimum Gasteiger partial charge on any atom is -0.243 e. The minimum absolute atomic E-state index is 0.0389. The number of rotatable bonds is 6. The Balaban J connectivity index is 3.34. The molecule has 0 aliphatic heterocycles. The van der Waals surface area contributed by atoms with Gasteiger partial charge in [0.2, 0.25) is 0 Å². The molecule has 0 amide bonds. The second-order valence-electron chi connectivity index (χ2n) is 4.92. The highest BCUT2D eigenvalue weighted by molar-refractivity contribution is 5.73. The van der Waals surface area contributed by atoms with Crippen LogP contribution < -0.4 is 0 Å². The summed E-state index contributed by atoms with van der Waals surface area (Å²) in [6, 6.07) is 6.70. The number of alkyl halides is 4. The van der Waals surface area contributed by atoms with Crippen molar-refractivity contribution >= 4 is 5.57 Å². The summed E-state index contributed by atoms with van der Waals surface area (Å²) in [7, 11) is 0. The predicted molar refractivity (Wildman–Crippen MR) is 78.7 cm³/mol. The monoisotopic (exact) mass is 318 g/mol. The summed E-state index contributed by atoms with van der Waals surface area (Å²) in [6.45, 7) is 3.36. The molecule has 5 heteroatoms. The number of allylic oxidation sites excluding steroid dienone is 4. The van der Waals surface area contributed by atoms with Crippen LogP contribution >= 0.6 is 0 Å². The average molecular weight is 318 g/mol. The van der Waals surface area contributed by atoms with Crippen molar-refractivity contribution in [2.75, 3.05) is 0 Å². The normalized spacial score (nSPS) is 15.5. The fraction of sp³-hybridized carbons (Fsp3) is 0.412. The maximum atomic E-state index is 14.2. The summed E-state index contributed by atoms with van der Waals surface area (Å²) in [5.41, 5.74) is -1.61. The van der Waals surface area contributed by atoms with Crippen LogP contribution in [0.15, 0.2) is 47.8 Å². The van der Waals surface area contributed by atoms with Gasteiger partial charge in [-0.1, -0.05) is 50.6 Å². The molecule has 0 aromatic heterocycles. The van der Waals surface area contributed by atoms with Gasteiger partial charge < -0.3 is 0 Å². The number of hydrogen-bond acceptors (Lipinski definition) is 0. The Hall–Kier alpha value is -1.65. The largest absolute Gasteiger partial charge is 0.419 e. The lowest BCUT2D eigenvalue weighted by molar-refractivity contribution is -0.0699. The summed E-state index contributed by atoms with van der Waals surface area (Å²) in [5, 5.41) is 0. The van der Waals surface area contributed by atoms with E-state index in [0.29, 0.717) is 12.5 Å². The maximum Gasteiger partial charge on any atom is 0.419 e. The van der Waals surface area contributed by atoms with E-state index in [2.05, 4.69) is 0 Å². The molecule has 0 spiro atoms. The van der Waals surface area contributed by atoms with Gasteiger partial charge in [0, 0.05) is 0 Å². The zero-order chi connectivity index (χ0) is 16.8. The molecular weight excluding hydrogens is 299 g/mol. The lowest BCUT2D eigenvalue weighted by atomic mass is 10.00. The zero-order valence-corrected chi connectivity index (χ0v) is 12.6. The maximum absolute atomic E-state index is 14.2. The highest BCUT2D eigenvalue weighted by atomic mass is 19.4. The highest BCUT2D eigenvalue weighted by Gasteiger charge is 2.37. The Labute approximate surface area is 127 Å². The molecule has 1 unspecified atom stereocenters. The van der Waals surface area contributed by atoms with Gasteiger partial charge in [0.1, 0.15) is 12.0 Å². The third-order valence-electron chi connectivity index (χ3n) is 3.25. The third-order valence-corrected chi connectivity index (χ3v) is 3.25. The van der Waals surface area contributed by atoms with E-state index in [-0.39, 0.29) is 24.0 Å². The van der Waals surface area contributed by atoms with Crippen LogP contribution in [0, 0.1) is 0 Å². The van der Waals surface area contributed by atoms with Gasteiger partial charge in [-0.2, -0.15) is 13.2 Å². The summed E-state index contributed by atoms with van der Waals surface area (Å²) >= 11 is 0. The van der Waals surface area contributed by atoms with Gasteiger partial charge in [-0.15, -0.1) is 0 Å². The van der Waals surface area contributed by atoms with Crippen molar-refractivity contribution in [3.63, 3.8) is 0 Å². The van der Waals surface area contributed by atoms with Crippen molar-refractivity contribution in [2.24, 2.45) is 0 Å². The van der Waals surface area contributed by atoms with Gasteiger partial charge in [-0.3, -0.25) is 0 Å². The Morgan fingerprint density at radius 3 is 2.18 bits per heavy atom. The molecule has 1 atom stereocenters. The van der Waals surface area contributed by atoms with E-state index in [1.807, 2.05) is 0 Å². The lowest BCUT2D eigenvalue weighted by Gasteiger charge is -2.14. The van der Waals surface area contributed by atoms with Crippen LogP contribution in [0.3, 0.4) is 0 Å². The van der Waals surface area contributed by atoms with E-state index < -0.39 is 23.7 Å². The molecular formula is C17H19F5. The minimum atomic E-state index is -4.85. The van der Waals surface area contributed by atoms with E-state index in [9.17, 15) is 22.0 Å². The first kappa shape index (κ1) is 18.4. The number of hydrogen-bond donors (Lipinski definition) is 0. The van der Waals surface area contributed by atoms with Gasteiger partial charge in [0.05, 0.1) is 5.57 Å². The molecule has 0 nitrogen and oxygen atoms in total. The molecule has 0 bridgehead atoms. The summed E-state index contributed by atoms with van der Waals surface area (Å²) in [5.74, 6) is -1.45. The second kappa shape index (κ2) is 8.11. The Morgan fingerprint density at radius 2 is 1.73 bits per heavy atom. The average Bonchev–Trinajstić information content (AvgIpc) is 2.44. The van der Waals surface area contributed by atoms with Gasteiger partial charge in [0.15, 0.2) is 0 Å². The summed E-state index contributed by atoms with van der Waals surface area (Å²) in [6.07, 6.45) is -4.72. The van der Waals surface area contributed by atoms with E-state index in [1.54, 1.807) is 19.9 Å². The molecule has 1 rings (SSSR count). The van der Waals surface area contributed by atoms with E-state index >= 15 is 0 Å². The molecule has 0 saturated carbocycles. The van der Waals surface area contributed by atoms with Crippen molar-refractivity contribution in [1.29, 1.82) is 0 Å². The van der Waals surface area contributed by atoms with Crippen LogP contribution in [0.25, 0.3) is 5.57 Å². The van der Waals surface area contributed by atoms with Crippen molar-refractivity contribution in [2.45, 2.75) is 45.5 Å². The first-order valence-electron chi connectivity index (χ1n) is 7.18. The van der Waals surface area contributed by atoms with Crippen molar-refractivity contribution < 1.29 is 22.0 Å². The lowest BCUT2D eigenvalue weighted by Crippen LogP contribution is -2.12. The van der Waals surface area contributed by atoms with Crippen LogP contribution in [0.4, 0.5) is 22.0 Å². The van der Waals surface area contributed by atoms with Gasteiger partial charge in [-0.25, -0.2) is 8.78 Å². The van der Waals surface area contributed by atoms with Crippen LogP contribution in [-0.4, -0.2) is 12.3 Å². The Kier molecular flexibility index (Phi) is 6.78. The number of halogens is 5. The first-order chi connectivity index (χ1) is 10.3. The Bertz CT molecular complexity index is 526. The first-order valence-corrected chi connectivity index (χ1v) is 7.18. The smallest absolute Gasteiger partial charge is 0.243 e. The van der Waals surface area contributed by atoms with Crippen LogP contribution in [0.2, 0.25) is 0 Å². The second-order valence-corrected chi connectivity index (χ2v) is 4.92. The van der Waals surface area contributed by atoms with Crippen molar-refractivity contribution in [1.82, 2.24) is 0 Å². The quantitative estimate of drug-likeness (QED) is 0.420. The molecule has 0 radical (unpaired) electrons. The molecule has 122 valence electrons. The fourth-order valence-corrected chi connectivity index (χ4v) is 2.13. The summed E-state index contributed by atoms with van der Waals surface area (Å²) < 4.78 is 67.5. The molecule has 0 fully saturated rings. The summed E-state index contributed by atoms with van der Waals surface area (Å²) in [4.78, 5) is 0. The Morgan fingerprint density at radius 1 is 1.14 bits per heavy atom. The molecule has 22 heavy (non-hydrogen) atoms. The topological polar surface area (TPSA) is 0 Å². The van der Waals surface area contributed by atoms with Crippen LogP contribution in [0.1, 0.15) is 38.7 Å². The van der Waals surface area contributed by atoms with E-state index in [4.69, 9.17) is 0 Å². The van der Waals surface area contributed by atoms with Gasteiger partial charge in [-0.05, 0) is 30.1 Å². The van der Waals surface area contributed by atoms with Crippen molar-refractivity contribution in [3.05, 3.63) is 53.4 Å². The molecule has 0 heterocycles. The van der Waals surface area contributed by atoms with Gasteiger partial charge in [0.25, 0.3) is 0 Å². The van der Waals surface area contributed by atoms with Crippen LogP contribution in [-0.2, 0) is 0 Å². The van der Waals surface area contributed by atoms with Gasteiger partial charge >= 0.3 is 6.18 Å². The molecule has 1 aromatic rings. The van der Waals surface area contributed by atoms with E-state index in [1.165, 1.54) is 24.3 Å². The zero-order valence-electron chi connectivity index (χ0n) is 12.6. The SMILES string of the molecule is CCCC(F)/C(=C/C(F)=C(/c1ccccc1)C(F)(F)F)CC. The highest BCUT2D eigenvalue weighted by Crippen LogP contribution is 2.38. The molecule has 0 aliphatic rings.